The van der Waals surface area contributed by atoms with Crippen LogP contribution >= 0.6 is 22.3 Å². The highest BCUT2D eigenvalue weighted by Gasteiger charge is 2.25. The van der Waals surface area contributed by atoms with Gasteiger partial charge in [-0.05, 0) is 31.0 Å². The van der Waals surface area contributed by atoms with Gasteiger partial charge >= 0.3 is 0 Å². The normalized spacial score (nSPS) is 15.1. The van der Waals surface area contributed by atoms with Crippen LogP contribution in [0.25, 0.3) is 0 Å². The maximum atomic E-state index is 11.6. The summed E-state index contributed by atoms with van der Waals surface area (Å²) < 4.78 is 30.8. The number of nitrogens with zero attached hydrogens (tertiary/aromatic N) is 2. The molecule has 1 aliphatic carbocycles. The molecule has 0 bridgehead atoms. The van der Waals surface area contributed by atoms with E-state index < -0.39 is 9.05 Å². The van der Waals surface area contributed by atoms with Crippen molar-refractivity contribution in [2.75, 3.05) is 0 Å². The van der Waals surface area contributed by atoms with E-state index >= 15 is 0 Å². The average Bonchev–Trinajstić information content (AvgIpc) is 3.15. The van der Waals surface area contributed by atoms with Crippen LogP contribution in [0.15, 0.2) is 35.6 Å². The van der Waals surface area contributed by atoms with Crippen LogP contribution in [0.5, 0.6) is 5.75 Å². The zero-order valence-electron chi connectivity index (χ0n) is 10.9. The number of halogens is 2. The van der Waals surface area contributed by atoms with Crippen molar-refractivity contribution in [3.63, 3.8) is 0 Å². The first-order valence-electron chi connectivity index (χ1n) is 6.33. The van der Waals surface area contributed by atoms with Crippen LogP contribution in [0, 0.1) is 0 Å². The van der Waals surface area contributed by atoms with Gasteiger partial charge in [-0.3, -0.25) is 0 Å². The highest BCUT2D eigenvalue weighted by Crippen LogP contribution is 2.36. The lowest BCUT2D eigenvalue weighted by molar-refractivity contribution is 0.287. The van der Waals surface area contributed by atoms with Gasteiger partial charge in [-0.1, -0.05) is 11.6 Å². The molecule has 0 N–H and O–H groups in total. The first-order valence-corrected chi connectivity index (χ1v) is 9.01. The quantitative estimate of drug-likeness (QED) is 0.778. The maximum Gasteiger partial charge on any atom is 0.265 e. The Labute approximate surface area is 131 Å². The second kappa shape index (κ2) is 5.51. The van der Waals surface area contributed by atoms with Crippen LogP contribution in [0.2, 0.25) is 5.02 Å². The van der Waals surface area contributed by atoms with Crippen LogP contribution in [-0.4, -0.2) is 18.0 Å². The van der Waals surface area contributed by atoms with Crippen molar-refractivity contribution in [1.82, 2.24) is 9.55 Å². The van der Waals surface area contributed by atoms with E-state index in [0.717, 1.165) is 18.5 Å². The Morgan fingerprint density at radius 2 is 2.14 bits per heavy atom. The Kier molecular flexibility index (Phi) is 3.86. The minimum atomic E-state index is -3.92. The highest BCUT2D eigenvalue weighted by atomic mass is 35.7. The van der Waals surface area contributed by atoms with Gasteiger partial charge in [0.2, 0.25) is 0 Å². The lowest BCUT2D eigenvalue weighted by Gasteiger charge is -2.11. The van der Waals surface area contributed by atoms with Crippen LogP contribution in [0.1, 0.15) is 24.6 Å². The molecule has 1 aromatic heterocycles. The largest absolute Gasteiger partial charge is 0.486 e. The third-order valence-corrected chi connectivity index (χ3v) is 4.81. The Morgan fingerprint density at radius 3 is 2.81 bits per heavy atom. The second-order valence-electron chi connectivity index (χ2n) is 4.84. The van der Waals surface area contributed by atoms with E-state index in [4.69, 9.17) is 27.0 Å². The van der Waals surface area contributed by atoms with Gasteiger partial charge in [0.1, 0.15) is 17.3 Å². The van der Waals surface area contributed by atoms with Crippen molar-refractivity contribution in [3.8, 4) is 5.75 Å². The van der Waals surface area contributed by atoms with Gasteiger partial charge in [-0.2, -0.15) is 0 Å². The summed E-state index contributed by atoms with van der Waals surface area (Å²) in [5, 5.41) is 0.282. The first kappa shape index (κ1) is 14.7. The monoisotopic (exact) mass is 346 g/mol. The van der Waals surface area contributed by atoms with E-state index in [2.05, 4.69) is 4.98 Å². The number of benzene rings is 1. The standard InChI is InChI=1S/C13H12Cl2N2O3S/c14-9-1-4-12(13(5-9)21(15,18)19)20-7-11-6-16-8-17(11)10-2-3-10/h1,4-6,8,10H,2-3,7H2. The lowest BCUT2D eigenvalue weighted by Crippen LogP contribution is -2.05. The van der Waals surface area contributed by atoms with E-state index in [-0.39, 0.29) is 22.3 Å². The molecule has 112 valence electrons. The minimum Gasteiger partial charge on any atom is -0.486 e. The molecule has 0 amide bonds. The van der Waals surface area contributed by atoms with Gasteiger partial charge in [0.15, 0.2) is 0 Å². The average molecular weight is 347 g/mol. The number of ether oxygens (including phenoxy) is 1. The van der Waals surface area contributed by atoms with Gasteiger partial charge in [0, 0.05) is 21.7 Å². The van der Waals surface area contributed by atoms with Gasteiger partial charge in [-0.15, -0.1) is 0 Å². The molecule has 0 radical (unpaired) electrons. The second-order valence-corrected chi connectivity index (χ2v) is 7.81. The summed E-state index contributed by atoms with van der Waals surface area (Å²) >= 11 is 5.80. The Balaban J connectivity index is 1.83. The van der Waals surface area contributed by atoms with Gasteiger partial charge < -0.3 is 9.30 Å². The lowest BCUT2D eigenvalue weighted by atomic mass is 10.3. The molecule has 1 aromatic carbocycles. The number of hydrogen-bond acceptors (Lipinski definition) is 4. The molecule has 21 heavy (non-hydrogen) atoms. The van der Waals surface area contributed by atoms with Crippen molar-refractivity contribution in [2.24, 2.45) is 0 Å². The summed E-state index contributed by atoms with van der Waals surface area (Å²) in [5.41, 5.74) is 0.894. The molecule has 8 heteroatoms. The zero-order valence-corrected chi connectivity index (χ0v) is 13.2. The summed E-state index contributed by atoms with van der Waals surface area (Å²) in [4.78, 5) is 3.97. The van der Waals surface area contributed by atoms with Crippen LogP contribution in [-0.2, 0) is 15.7 Å². The molecular weight excluding hydrogens is 335 g/mol. The summed E-state index contributed by atoms with van der Waals surface area (Å²) in [5.74, 6) is 0.179. The third kappa shape index (κ3) is 3.33. The Hall–Kier alpha value is -1.24. The van der Waals surface area contributed by atoms with E-state index in [1.54, 1.807) is 18.6 Å². The van der Waals surface area contributed by atoms with Gasteiger partial charge in [0.25, 0.3) is 9.05 Å². The maximum absolute atomic E-state index is 11.6. The number of rotatable bonds is 5. The molecule has 1 saturated carbocycles. The summed E-state index contributed by atoms with van der Waals surface area (Å²) in [6, 6.07) is 4.81. The van der Waals surface area contributed by atoms with E-state index in [1.807, 2.05) is 4.57 Å². The Bertz CT molecular complexity index is 769. The molecule has 0 atom stereocenters. The summed E-state index contributed by atoms with van der Waals surface area (Å²) in [6.07, 6.45) is 5.73. The molecule has 0 aliphatic heterocycles. The molecule has 1 fully saturated rings. The smallest absolute Gasteiger partial charge is 0.265 e. The van der Waals surface area contributed by atoms with Crippen molar-refractivity contribution in [3.05, 3.63) is 41.4 Å². The van der Waals surface area contributed by atoms with E-state index in [0.29, 0.717) is 6.04 Å². The minimum absolute atomic E-state index is 0.130. The molecule has 3 rings (SSSR count). The summed E-state index contributed by atoms with van der Waals surface area (Å²) in [6.45, 7) is 0.220. The third-order valence-electron chi connectivity index (χ3n) is 3.23. The fraction of sp³-hybridized carbons (Fsp3) is 0.308. The molecule has 0 spiro atoms. The SMILES string of the molecule is O=S(=O)(Cl)c1cc(Cl)ccc1OCc1cncn1C1CC1. The van der Waals surface area contributed by atoms with Crippen LogP contribution in [0.3, 0.4) is 0 Å². The van der Waals surface area contributed by atoms with Crippen molar-refractivity contribution >= 4 is 31.3 Å². The molecule has 5 nitrogen and oxygen atoms in total. The van der Waals surface area contributed by atoms with Gasteiger partial charge in [0.05, 0.1) is 18.2 Å². The number of hydrogen-bond donors (Lipinski definition) is 0. The van der Waals surface area contributed by atoms with E-state index in [1.165, 1.54) is 12.1 Å². The topological polar surface area (TPSA) is 61.2 Å². The molecule has 0 unspecified atom stereocenters. The fourth-order valence-electron chi connectivity index (χ4n) is 2.07. The molecule has 2 aromatic rings. The number of aromatic nitrogens is 2. The van der Waals surface area contributed by atoms with Crippen molar-refractivity contribution < 1.29 is 13.2 Å². The predicted octanol–water partition coefficient (Wildman–Crippen LogP) is 3.38. The fourth-order valence-corrected chi connectivity index (χ4v) is 3.30. The predicted molar refractivity (Wildman–Crippen MR) is 79.3 cm³/mol. The molecule has 0 saturated heterocycles. The summed E-state index contributed by atoms with van der Waals surface area (Å²) in [7, 11) is 1.48. The van der Waals surface area contributed by atoms with Gasteiger partial charge in [-0.25, -0.2) is 13.4 Å². The van der Waals surface area contributed by atoms with Crippen molar-refractivity contribution in [2.45, 2.75) is 30.4 Å². The molecule has 1 aliphatic rings. The highest BCUT2D eigenvalue weighted by molar-refractivity contribution is 8.13. The number of imidazole rings is 1. The first-order chi connectivity index (χ1) is 9.95. The zero-order chi connectivity index (χ0) is 15.0. The van der Waals surface area contributed by atoms with E-state index in [9.17, 15) is 8.42 Å². The molecular formula is C13H12Cl2N2O3S. The van der Waals surface area contributed by atoms with Crippen LogP contribution in [0.4, 0.5) is 0 Å². The van der Waals surface area contributed by atoms with Crippen LogP contribution < -0.4 is 4.74 Å². The molecule has 1 heterocycles. The van der Waals surface area contributed by atoms with Crippen molar-refractivity contribution in [1.29, 1.82) is 0 Å². The Morgan fingerprint density at radius 1 is 1.38 bits per heavy atom.